The Morgan fingerprint density at radius 2 is 2.09 bits per heavy atom. The van der Waals surface area contributed by atoms with Gasteiger partial charge < -0.3 is 10.6 Å². The number of hydrogen-bond donors (Lipinski definition) is 1. The van der Waals surface area contributed by atoms with Crippen molar-refractivity contribution < 1.29 is 13.6 Å². The van der Waals surface area contributed by atoms with Gasteiger partial charge in [0.05, 0.1) is 0 Å². The molecule has 4 unspecified atom stereocenters. The highest BCUT2D eigenvalue weighted by atomic mass is 35.5. The van der Waals surface area contributed by atoms with Crippen molar-refractivity contribution in [2.24, 2.45) is 17.6 Å². The lowest BCUT2D eigenvalue weighted by Gasteiger charge is -2.21. The van der Waals surface area contributed by atoms with Crippen molar-refractivity contribution in [3.8, 4) is 0 Å². The fourth-order valence-electron chi connectivity index (χ4n) is 3.45. The lowest BCUT2D eigenvalue weighted by molar-refractivity contribution is -0.133. The first-order valence-electron chi connectivity index (χ1n) is 7.46. The summed E-state index contributed by atoms with van der Waals surface area (Å²) in [7, 11) is 0. The summed E-state index contributed by atoms with van der Waals surface area (Å²) in [6.07, 6.45) is 1.59. The smallest absolute Gasteiger partial charge is 0.226 e. The summed E-state index contributed by atoms with van der Waals surface area (Å²) in [6.45, 7) is 3.32. The van der Waals surface area contributed by atoms with Gasteiger partial charge in [0.1, 0.15) is 11.6 Å². The van der Waals surface area contributed by atoms with Gasteiger partial charge >= 0.3 is 0 Å². The maximum absolute atomic E-state index is 13.8. The molecular weight excluding hydrogens is 310 g/mol. The largest absolute Gasteiger partial charge is 0.339 e. The van der Waals surface area contributed by atoms with Gasteiger partial charge in [-0.2, -0.15) is 0 Å². The number of carbonyl (C=O) groups excluding carboxylic acids is 1. The number of benzene rings is 1. The molecule has 3 nitrogen and oxygen atoms in total. The SMILES string of the molecule is CC1CC(CN)CN1C(=O)C1CC1c1ccc(F)cc1F.Cl. The molecule has 1 aromatic carbocycles. The summed E-state index contributed by atoms with van der Waals surface area (Å²) in [5.41, 5.74) is 6.13. The fraction of sp³-hybridized carbons (Fsp3) is 0.562. The quantitative estimate of drug-likeness (QED) is 0.926. The summed E-state index contributed by atoms with van der Waals surface area (Å²) >= 11 is 0. The molecule has 4 atom stereocenters. The molecule has 1 saturated heterocycles. The second kappa shape index (κ2) is 6.50. The van der Waals surface area contributed by atoms with Crippen molar-refractivity contribution >= 4 is 18.3 Å². The van der Waals surface area contributed by atoms with Crippen LogP contribution in [0.25, 0.3) is 0 Å². The summed E-state index contributed by atoms with van der Waals surface area (Å²) in [4.78, 5) is 14.4. The second-order valence-electron chi connectivity index (χ2n) is 6.29. The van der Waals surface area contributed by atoms with Crippen LogP contribution in [0.4, 0.5) is 8.78 Å². The molecule has 0 radical (unpaired) electrons. The van der Waals surface area contributed by atoms with Crippen molar-refractivity contribution in [3.05, 3.63) is 35.4 Å². The Morgan fingerprint density at radius 3 is 2.68 bits per heavy atom. The van der Waals surface area contributed by atoms with E-state index < -0.39 is 11.6 Å². The standard InChI is InChI=1S/C16H20F2N2O.ClH/c1-9-4-10(7-19)8-20(9)16(21)14-6-13(14)12-3-2-11(17)5-15(12)18;/h2-3,5,9-10,13-14H,4,6-8,19H2,1H3;1H. The normalized spacial score (nSPS) is 30.1. The van der Waals surface area contributed by atoms with Gasteiger partial charge in [-0.15, -0.1) is 12.4 Å². The van der Waals surface area contributed by atoms with E-state index in [9.17, 15) is 13.6 Å². The lowest BCUT2D eigenvalue weighted by Crippen LogP contribution is -2.35. The molecule has 0 spiro atoms. The van der Waals surface area contributed by atoms with Crippen LogP contribution >= 0.6 is 12.4 Å². The van der Waals surface area contributed by atoms with E-state index in [1.54, 1.807) is 0 Å². The number of amides is 1. The van der Waals surface area contributed by atoms with Crippen LogP contribution in [0.2, 0.25) is 0 Å². The van der Waals surface area contributed by atoms with Gasteiger partial charge in [0.25, 0.3) is 0 Å². The lowest BCUT2D eigenvalue weighted by atomic mass is 10.1. The zero-order valence-corrected chi connectivity index (χ0v) is 13.3. The molecule has 2 fully saturated rings. The minimum Gasteiger partial charge on any atom is -0.339 e. The fourth-order valence-corrected chi connectivity index (χ4v) is 3.45. The predicted molar refractivity (Wildman–Crippen MR) is 82.8 cm³/mol. The molecule has 1 heterocycles. The average Bonchev–Trinajstić information content (AvgIpc) is 3.13. The Labute approximate surface area is 135 Å². The van der Waals surface area contributed by atoms with E-state index in [0.29, 0.717) is 31.0 Å². The number of rotatable bonds is 3. The van der Waals surface area contributed by atoms with Crippen LogP contribution in [0.1, 0.15) is 31.2 Å². The van der Waals surface area contributed by atoms with Gasteiger partial charge in [0.2, 0.25) is 5.91 Å². The third kappa shape index (κ3) is 3.10. The Kier molecular flexibility index (Phi) is 5.07. The molecule has 1 amide bonds. The number of nitrogens with two attached hydrogens (primary N) is 1. The molecule has 2 N–H and O–H groups in total. The highest BCUT2D eigenvalue weighted by Crippen LogP contribution is 2.50. The molecule has 22 heavy (non-hydrogen) atoms. The number of carbonyl (C=O) groups is 1. The molecule has 2 aliphatic rings. The van der Waals surface area contributed by atoms with Crippen LogP contribution < -0.4 is 5.73 Å². The topological polar surface area (TPSA) is 46.3 Å². The first-order chi connectivity index (χ1) is 10.0. The maximum Gasteiger partial charge on any atom is 0.226 e. The van der Waals surface area contributed by atoms with Crippen LogP contribution in [0.5, 0.6) is 0 Å². The highest BCUT2D eigenvalue weighted by molar-refractivity contribution is 5.85. The van der Waals surface area contributed by atoms with Crippen LogP contribution in [-0.4, -0.2) is 29.9 Å². The van der Waals surface area contributed by atoms with Gasteiger partial charge in [0, 0.05) is 24.6 Å². The van der Waals surface area contributed by atoms with E-state index in [1.807, 2.05) is 11.8 Å². The first kappa shape index (κ1) is 17.2. The van der Waals surface area contributed by atoms with Gasteiger partial charge in [-0.25, -0.2) is 8.78 Å². The molecule has 0 aromatic heterocycles. The number of likely N-dealkylation sites (tertiary alicyclic amines) is 1. The van der Waals surface area contributed by atoms with Crippen LogP contribution in [0, 0.1) is 23.5 Å². The summed E-state index contributed by atoms with van der Waals surface area (Å²) in [6, 6.07) is 3.79. The van der Waals surface area contributed by atoms with E-state index in [2.05, 4.69) is 0 Å². The van der Waals surface area contributed by atoms with Gasteiger partial charge in [-0.3, -0.25) is 4.79 Å². The zero-order chi connectivity index (χ0) is 15.1. The Hall–Kier alpha value is -1.20. The van der Waals surface area contributed by atoms with Crippen LogP contribution in [-0.2, 0) is 4.79 Å². The van der Waals surface area contributed by atoms with Crippen molar-refractivity contribution in [1.82, 2.24) is 4.90 Å². The van der Waals surface area contributed by atoms with Crippen molar-refractivity contribution in [2.75, 3.05) is 13.1 Å². The second-order valence-corrected chi connectivity index (χ2v) is 6.29. The minimum atomic E-state index is -0.585. The first-order valence-corrected chi connectivity index (χ1v) is 7.46. The molecule has 122 valence electrons. The van der Waals surface area contributed by atoms with Gasteiger partial charge in [-0.05, 0) is 49.8 Å². The van der Waals surface area contributed by atoms with E-state index in [0.717, 1.165) is 12.5 Å². The summed E-state index contributed by atoms with van der Waals surface area (Å²) in [5.74, 6) is -0.953. The summed E-state index contributed by atoms with van der Waals surface area (Å²) < 4.78 is 26.7. The van der Waals surface area contributed by atoms with E-state index in [4.69, 9.17) is 5.73 Å². The number of nitrogens with zero attached hydrogens (tertiary/aromatic N) is 1. The molecule has 3 rings (SSSR count). The number of hydrogen-bond acceptors (Lipinski definition) is 2. The average molecular weight is 331 g/mol. The Balaban J connectivity index is 0.00000176. The minimum absolute atomic E-state index is 0. The third-order valence-electron chi connectivity index (χ3n) is 4.75. The van der Waals surface area contributed by atoms with Crippen LogP contribution in [0.3, 0.4) is 0 Å². The summed E-state index contributed by atoms with van der Waals surface area (Å²) in [5, 5.41) is 0. The van der Waals surface area contributed by atoms with Gasteiger partial charge in [-0.1, -0.05) is 6.07 Å². The Bertz CT molecular complexity index is 569. The zero-order valence-electron chi connectivity index (χ0n) is 12.5. The van der Waals surface area contributed by atoms with Gasteiger partial charge in [0.15, 0.2) is 0 Å². The van der Waals surface area contributed by atoms with Crippen molar-refractivity contribution in [3.63, 3.8) is 0 Å². The maximum atomic E-state index is 13.8. The molecule has 6 heteroatoms. The van der Waals surface area contributed by atoms with Crippen molar-refractivity contribution in [1.29, 1.82) is 0 Å². The Morgan fingerprint density at radius 1 is 1.36 bits per heavy atom. The van der Waals surface area contributed by atoms with Crippen LogP contribution in [0.15, 0.2) is 18.2 Å². The molecular formula is C16H21ClF2N2O. The molecule has 1 aliphatic heterocycles. The third-order valence-corrected chi connectivity index (χ3v) is 4.75. The van der Waals surface area contributed by atoms with E-state index >= 15 is 0 Å². The van der Waals surface area contributed by atoms with Crippen molar-refractivity contribution in [2.45, 2.75) is 31.7 Å². The van der Waals surface area contributed by atoms with E-state index in [1.165, 1.54) is 12.1 Å². The predicted octanol–water partition coefficient (Wildman–Crippen LogP) is 2.69. The molecule has 0 bridgehead atoms. The highest BCUT2D eigenvalue weighted by Gasteiger charge is 2.48. The molecule has 1 aromatic rings. The van der Waals surface area contributed by atoms with E-state index in [-0.39, 0.29) is 36.2 Å². The monoisotopic (exact) mass is 330 g/mol. The number of halogens is 3. The molecule has 1 aliphatic carbocycles. The molecule has 1 saturated carbocycles.